The molecule has 1 aromatic carbocycles. The smallest absolute Gasteiger partial charge is 0.262 e. The summed E-state index contributed by atoms with van der Waals surface area (Å²) < 4.78 is 7.66. The summed E-state index contributed by atoms with van der Waals surface area (Å²) in [5, 5.41) is 2.75. The molecule has 1 saturated heterocycles. The Kier molecular flexibility index (Phi) is 3.91. The molecule has 3 heterocycles. The van der Waals surface area contributed by atoms with E-state index in [-0.39, 0.29) is 24.5 Å². The molecule has 0 aliphatic carbocycles. The molecule has 0 saturated carbocycles. The van der Waals surface area contributed by atoms with Gasteiger partial charge in [-0.2, -0.15) is 0 Å². The Bertz CT molecular complexity index is 829. The maximum absolute atomic E-state index is 13.1. The number of para-hydroxylation sites is 1. The lowest BCUT2D eigenvalue weighted by atomic mass is 10.0. The van der Waals surface area contributed by atoms with Gasteiger partial charge in [-0.25, -0.2) is 4.98 Å². The zero-order valence-electron chi connectivity index (χ0n) is 14.1. The van der Waals surface area contributed by atoms with Crippen molar-refractivity contribution in [3.8, 4) is 5.75 Å². The Labute approximate surface area is 145 Å². The molecule has 130 valence electrons. The molecule has 0 radical (unpaired) electrons. The minimum atomic E-state index is -0.203. The van der Waals surface area contributed by atoms with E-state index < -0.39 is 0 Å². The van der Waals surface area contributed by atoms with E-state index in [2.05, 4.69) is 14.9 Å². The quantitative estimate of drug-likeness (QED) is 0.907. The second-order valence-corrected chi connectivity index (χ2v) is 6.45. The van der Waals surface area contributed by atoms with Crippen molar-refractivity contribution in [3.63, 3.8) is 0 Å². The van der Waals surface area contributed by atoms with Crippen LogP contribution >= 0.6 is 0 Å². The summed E-state index contributed by atoms with van der Waals surface area (Å²) in [6.45, 7) is 3.28. The summed E-state index contributed by atoms with van der Waals surface area (Å²) in [4.78, 5) is 30.7. The minimum Gasteiger partial charge on any atom is -0.481 e. The van der Waals surface area contributed by atoms with E-state index >= 15 is 0 Å². The van der Waals surface area contributed by atoms with E-state index in [0.29, 0.717) is 23.5 Å². The van der Waals surface area contributed by atoms with E-state index in [1.165, 1.54) is 0 Å². The Morgan fingerprint density at radius 1 is 1.40 bits per heavy atom. The normalized spacial score (nSPS) is 19.8. The fourth-order valence-electron chi connectivity index (χ4n) is 3.59. The van der Waals surface area contributed by atoms with Gasteiger partial charge in [-0.15, -0.1) is 0 Å². The number of piperidine rings is 1. The molecule has 2 aliphatic rings. The van der Waals surface area contributed by atoms with E-state index in [0.717, 1.165) is 25.2 Å². The van der Waals surface area contributed by atoms with Crippen LogP contribution in [0.25, 0.3) is 0 Å². The molecule has 1 fully saturated rings. The number of imidazole rings is 1. The van der Waals surface area contributed by atoms with Gasteiger partial charge in [0, 0.05) is 25.5 Å². The van der Waals surface area contributed by atoms with Crippen LogP contribution in [-0.2, 0) is 4.79 Å². The summed E-state index contributed by atoms with van der Waals surface area (Å²) in [7, 11) is 0. The highest BCUT2D eigenvalue weighted by atomic mass is 16.5. The third kappa shape index (κ3) is 2.86. The van der Waals surface area contributed by atoms with Crippen LogP contribution in [0.3, 0.4) is 0 Å². The van der Waals surface area contributed by atoms with Gasteiger partial charge in [-0.1, -0.05) is 6.07 Å². The van der Waals surface area contributed by atoms with Crippen molar-refractivity contribution in [1.29, 1.82) is 0 Å². The van der Waals surface area contributed by atoms with Crippen molar-refractivity contribution in [3.05, 3.63) is 42.0 Å². The van der Waals surface area contributed by atoms with Crippen molar-refractivity contribution in [2.24, 2.45) is 0 Å². The maximum Gasteiger partial charge on any atom is 0.262 e. The summed E-state index contributed by atoms with van der Waals surface area (Å²) >= 11 is 0. The second-order valence-electron chi connectivity index (χ2n) is 6.45. The number of benzene rings is 1. The van der Waals surface area contributed by atoms with Crippen molar-refractivity contribution in [2.75, 3.05) is 25.0 Å². The Hall–Kier alpha value is -2.83. The third-order valence-corrected chi connectivity index (χ3v) is 4.81. The highest BCUT2D eigenvalue weighted by Crippen LogP contribution is 2.33. The molecule has 1 N–H and O–H groups in total. The van der Waals surface area contributed by atoms with Crippen molar-refractivity contribution >= 4 is 17.5 Å². The number of amides is 2. The van der Waals surface area contributed by atoms with Crippen LogP contribution in [0, 0.1) is 6.92 Å². The van der Waals surface area contributed by atoms with Crippen LogP contribution in [0.1, 0.15) is 35.1 Å². The SMILES string of the molecule is Cc1nccn1[C@@H]1CCCN(C(=O)c2cccc3c2OCC(=O)N3)C1. The van der Waals surface area contributed by atoms with Crippen LogP contribution < -0.4 is 10.1 Å². The minimum absolute atomic E-state index is 0.0598. The topological polar surface area (TPSA) is 76.5 Å². The van der Waals surface area contributed by atoms with Gasteiger partial charge in [0.2, 0.25) is 0 Å². The lowest BCUT2D eigenvalue weighted by Crippen LogP contribution is -2.41. The first-order chi connectivity index (χ1) is 12.1. The number of nitrogens with zero attached hydrogens (tertiary/aromatic N) is 3. The number of aryl methyl sites for hydroxylation is 1. The molecular weight excluding hydrogens is 320 g/mol. The Balaban J connectivity index is 1.58. The van der Waals surface area contributed by atoms with E-state index in [1.54, 1.807) is 24.4 Å². The molecular formula is C18H20N4O3. The maximum atomic E-state index is 13.1. The largest absolute Gasteiger partial charge is 0.481 e. The van der Waals surface area contributed by atoms with Gasteiger partial charge in [0.1, 0.15) is 5.82 Å². The van der Waals surface area contributed by atoms with Gasteiger partial charge >= 0.3 is 0 Å². The predicted molar refractivity (Wildman–Crippen MR) is 91.7 cm³/mol. The Morgan fingerprint density at radius 3 is 3.08 bits per heavy atom. The lowest BCUT2D eigenvalue weighted by Gasteiger charge is -2.34. The van der Waals surface area contributed by atoms with Gasteiger partial charge in [0.05, 0.1) is 17.3 Å². The van der Waals surface area contributed by atoms with E-state index in [1.807, 2.05) is 18.0 Å². The van der Waals surface area contributed by atoms with Crippen LogP contribution in [0.5, 0.6) is 5.75 Å². The summed E-state index contributed by atoms with van der Waals surface area (Å²) in [5.41, 5.74) is 1.06. The molecule has 7 nitrogen and oxygen atoms in total. The molecule has 0 unspecified atom stereocenters. The number of likely N-dealkylation sites (tertiary alicyclic amines) is 1. The van der Waals surface area contributed by atoms with E-state index in [9.17, 15) is 9.59 Å². The summed E-state index contributed by atoms with van der Waals surface area (Å²) in [6.07, 6.45) is 5.73. The fraction of sp³-hybridized carbons (Fsp3) is 0.389. The first-order valence-electron chi connectivity index (χ1n) is 8.48. The number of hydrogen-bond acceptors (Lipinski definition) is 4. The molecule has 0 bridgehead atoms. The molecule has 25 heavy (non-hydrogen) atoms. The van der Waals surface area contributed by atoms with Crippen LogP contribution in [0.4, 0.5) is 5.69 Å². The van der Waals surface area contributed by atoms with Crippen LogP contribution in [-0.4, -0.2) is 46.0 Å². The zero-order valence-corrected chi connectivity index (χ0v) is 14.1. The van der Waals surface area contributed by atoms with E-state index in [4.69, 9.17) is 4.74 Å². The van der Waals surface area contributed by atoms with Crippen molar-refractivity contribution in [2.45, 2.75) is 25.8 Å². The van der Waals surface area contributed by atoms with Crippen molar-refractivity contribution < 1.29 is 14.3 Å². The number of anilines is 1. The number of ether oxygens (including phenoxy) is 1. The van der Waals surface area contributed by atoms with Gasteiger partial charge < -0.3 is 19.5 Å². The third-order valence-electron chi connectivity index (χ3n) is 4.81. The molecule has 1 atom stereocenters. The number of fused-ring (bicyclic) bond motifs is 1. The number of nitrogens with one attached hydrogen (secondary N) is 1. The van der Waals surface area contributed by atoms with Crippen molar-refractivity contribution in [1.82, 2.24) is 14.5 Å². The molecule has 2 aromatic rings. The number of carbonyl (C=O) groups excluding carboxylic acids is 2. The fourth-order valence-corrected chi connectivity index (χ4v) is 3.59. The summed E-state index contributed by atoms with van der Waals surface area (Å²) in [6, 6.07) is 5.50. The number of aromatic nitrogens is 2. The van der Waals surface area contributed by atoms with Gasteiger partial charge in [0.25, 0.3) is 11.8 Å². The lowest BCUT2D eigenvalue weighted by molar-refractivity contribution is -0.118. The molecule has 1 aromatic heterocycles. The van der Waals surface area contributed by atoms with Crippen LogP contribution in [0.15, 0.2) is 30.6 Å². The average molecular weight is 340 g/mol. The standard InChI is InChI=1S/C18H20N4O3/c1-12-19-7-9-22(12)13-4-3-8-21(10-13)18(24)14-5-2-6-15-17(14)25-11-16(23)20-15/h2,5-7,9,13H,3-4,8,10-11H2,1H3,(H,20,23)/t13-/m1/s1. The predicted octanol–water partition coefficient (Wildman–Crippen LogP) is 2.00. The molecule has 0 spiro atoms. The monoisotopic (exact) mass is 340 g/mol. The zero-order chi connectivity index (χ0) is 17.4. The van der Waals surface area contributed by atoms with Gasteiger partial charge in [-0.05, 0) is 31.9 Å². The first-order valence-corrected chi connectivity index (χ1v) is 8.48. The van der Waals surface area contributed by atoms with Gasteiger partial charge in [0.15, 0.2) is 12.4 Å². The molecule has 2 amide bonds. The highest BCUT2D eigenvalue weighted by molar-refractivity contribution is 6.03. The Morgan fingerprint density at radius 2 is 2.28 bits per heavy atom. The number of rotatable bonds is 2. The molecule has 2 aliphatic heterocycles. The number of carbonyl (C=O) groups is 2. The first kappa shape index (κ1) is 15.7. The second kappa shape index (κ2) is 6.23. The molecule has 4 rings (SSSR count). The summed E-state index contributed by atoms with van der Waals surface area (Å²) in [5.74, 6) is 1.16. The highest BCUT2D eigenvalue weighted by Gasteiger charge is 2.29. The molecule has 7 heteroatoms. The van der Waals surface area contributed by atoms with Gasteiger partial charge in [-0.3, -0.25) is 9.59 Å². The number of hydrogen-bond donors (Lipinski definition) is 1. The average Bonchev–Trinajstić information content (AvgIpc) is 3.06. The van der Waals surface area contributed by atoms with Crippen LogP contribution in [0.2, 0.25) is 0 Å².